The molecule has 2 N–H and O–H groups in total. The highest BCUT2D eigenvalue weighted by Gasteiger charge is 2.36. The molecule has 0 aromatic heterocycles. The molecule has 0 aliphatic carbocycles. The molecule has 2 saturated heterocycles. The average molecular weight is 544 g/mol. The SMILES string of the molecule is CN=C(NCC1(c2ccc(F)cc2)CCOCC1)NC1CCN(CC(F)(F)F)C1.I. The zero-order chi connectivity index (χ0) is 20.9. The highest BCUT2D eigenvalue weighted by atomic mass is 127. The van der Waals surface area contributed by atoms with Crippen LogP contribution in [0.2, 0.25) is 0 Å². The summed E-state index contributed by atoms with van der Waals surface area (Å²) in [6.07, 6.45) is -1.95. The Balaban J connectivity index is 0.00000320. The van der Waals surface area contributed by atoms with Gasteiger partial charge in [-0.15, -0.1) is 24.0 Å². The van der Waals surface area contributed by atoms with Gasteiger partial charge in [0.05, 0.1) is 6.54 Å². The van der Waals surface area contributed by atoms with E-state index in [0.717, 1.165) is 18.4 Å². The van der Waals surface area contributed by atoms with Gasteiger partial charge in [-0.25, -0.2) is 4.39 Å². The lowest BCUT2D eigenvalue weighted by Crippen LogP contribution is -2.50. The summed E-state index contributed by atoms with van der Waals surface area (Å²) in [6, 6.07) is 6.47. The van der Waals surface area contributed by atoms with Crippen molar-refractivity contribution in [1.29, 1.82) is 0 Å². The molecule has 2 fully saturated rings. The van der Waals surface area contributed by atoms with Crippen LogP contribution in [0.15, 0.2) is 29.3 Å². The molecular formula is C20H29F4IN4O. The minimum absolute atomic E-state index is 0. The first-order valence-corrected chi connectivity index (χ1v) is 9.90. The Morgan fingerprint density at radius 2 is 1.90 bits per heavy atom. The fourth-order valence-corrected chi connectivity index (χ4v) is 4.12. The first-order chi connectivity index (χ1) is 13.8. The van der Waals surface area contributed by atoms with E-state index in [2.05, 4.69) is 15.6 Å². The van der Waals surface area contributed by atoms with E-state index in [9.17, 15) is 17.6 Å². The predicted octanol–water partition coefficient (Wildman–Crippen LogP) is 3.29. The fraction of sp³-hybridized carbons (Fsp3) is 0.650. The van der Waals surface area contributed by atoms with Crippen LogP contribution < -0.4 is 10.6 Å². The third-order valence-electron chi connectivity index (χ3n) is 5.74. The van der Waals surface area contributed by atoms with Crippen molar-refractivity contribution in [3.8, 4) is 0 Å². The Kier molecular flexibility index (Phi) is 9.16. The van der Waals surface area contributed by atoms with E-state index in [-0.39, 0.29) is 41.3 Å². The van der Waals surface area contributed by atoms with Crippen molar-refractivity contribution in [1.82, 2.24) is 15.5 Å². The molecule has 0 bridgehead atoms. The largest absolute Gasteiger partial charge is 0.401 e. The number of rotatable bonds is 5. The van der Waals surface area contributed by atoms with E-state index < -0.39 is 12.7 Å². The van der Waals surface area contributed by atoms with Gasteiger partial charge in [-0.05, 0) is 37.0 Å². The highest BCUT2D eigenvalue weighted by molar-refractivity contribution is 14.0. The molecule has 3 rings (SSSR count). The summed E-state index contributed by atoms with van der Waals surface area (Å²) in [5.74, 6) is 0.294. The summed E-state index contributed by atoms with van der Waals surface area (Å²) in [7, 11) is 1.65. The number of ether oxygens (including phenoxy) is 1. The molecule has 1 atom stereocenters. The second-order valence-electron chi connectivity index (χ2n) is 7.81. The number of halogens is 5. The maximum atomic E-state index is 13.4. The summed E-state index contributed by atoms with van der Waals surface area (Å²) < 4.78 is 56.6. The summed E-state index contributed by atoms with van der Waals surface area (Å²) in [6.45, 7) is 1.69. The minimum atomic E-state index is -4.18. The van der Waals surface area contributed by atoms with Crippen LogP contribution in [0.25, 0.3) is 0 Å². The molecule has 5 nitrogen and oxygen atoms in total. The smallest absolute Gasteiger partial charge is 0.381 e. The van der Waals surface area contributed by atoms with Crippen LogP contribution in [0.3, 0.4) is 0 Å². The molecule has 1 aromatic carbocycles. The van der Waals surface area contributed by atoms with Crippen LogP contribution in [0.5, 0.6) is 0 Å². The molecular weight excluding hydrogens is 515 g/mol. The fourth-order valence-electron chi connectivity index (χ4n) is 4.12. The molecule has 2 heterocycles. The molecule has 170 valence electrons. The van der Waals surface area contributed by atoms with Crippen molar-refractivity contribution in [2.24, 2.45) is 4.99 Å². The Labute approximate surface area is 191 Å². The van der Waals surface area contributed by atoms with E-state index in [1.54, 1.807) is 7.05 Å². The quantitative estimate of drug-likeness (QED) is 0.259. The Morgan fingerprint density at radius 3 is 2.50 bits per heavy atom. The van der Waals surface area contributed by atoms with Crippen molar-refractivity contribution >= 4 is 29.9 Å². The lowest BCUT2D eigenvalue weighted by molar-refractivity contribution is -0.143. The number of alkyl halides is 3. The number of benzene rings is 1. The Bertz CT molecular complexity index is 693. The highest BCUT2D eigenvalue weighted by Crippen LogP contribution is 2.34. The molecule has 2 aliphatic heterocycles. The summed E-state index contributed by atoms with van der Waals surface area (Å²) in [5.41, 5.74) is 0.837. The van der Waals surface area contributed by atoms with Crippen LogP contribution in [0.1, 0.15) is 24.8 Å². The molecule has 10 heteroatoms. The summed E-state index contributed by atoms with van der Waals surface area (Å²) >= 11 is 0. The van der Waals surface area contributed by atoms with Crippen molar-refractivity contribution in [3.63, 3.8) is 0 Å². The molecule has 0 radical (unpaired) electrons. The zero-order valence-corrected chi connectivity index (χ0v) is 19.3. The molecule has 1 aromatic rings. The number of aliphatic imine (C=N–C) groups is 1. The number of hydrogen-bond acceptors (Lipinski definition) is 3. The normalized spacial score (nSPS) is 22.4. The van der Waals surface area contributed by atoms with Crippen LogP contribution in [0, 0.1) is 5.82 Å². The predicted molar refractivity (Wildman–Crippen MR) is 119 cm³/mol. The molecule has 30 heavy (non-hydrogen) atoms. The van der Waals surface area contributed by atoms with Gasteiger partial charge < -0.3 is 15.4 Å². The molecule has 0 saturated carbocycles. The molecule has 1 unspecified atom stereocenters. The Morgan fingerprint density at radius 1 is 1.23 bits per heavy atom. The van der Waals surface area contributed by atoms with Crippen molar-refractivity contribution in [2.75, 3.05) is 46.4 Å². The number of nitrogens with one attached hydrogen (secondary N) is 2. The first kappa shape index (κ1) is 25.1. The van der Waals surface area contributed by atoms with E-state index in [0.29, 0.717) is 45.2 Å². The van der Waals surface area contributed by atoms with Crippen LogP contribution in [-0.2, 0) is 10.2 Å². The van der Waals surface area contributed by atoms with Gasteiger partial charge >= 0.3 is 6.18 Å². The summed E-state index contributed by atoms with van der Waals surface area (Å²) in [5, 5.41) is 6.57. The van der Waals surface area contributed by atoms with E-state index in [1.807, 2.05) is 12.1 Å². The van der Waals surface area contributed by atoms with Crippen molar-refractivity contribution in [2.45, 2.75) is 36.9 Å². The third-order valence-corrected chi connectivity index (χ3v) is 5.74. The van der Waals surface area contributed by atoms with Crippen LogP contribution in [-0.4, -0.2) is 69.5 Å². The molecule has 2 aliphatic rings. The van der Waals surface area contributed by atoms with Gasteiger partial charge in [-0.3, -0.25) is 9.89 Å². The van der Waals surface area contributed by atoms with E-state index in [4.69, 9.17) is 4.74 Å². The average Bonchev–Trinajstić information content (AvgIpc) is 3.11. The van der Waals surface area contributed by atoms with Crippen LogP contribution >= 0.6 is 24.0 Å². The van der Waals surface area contributed by atoms with Crippen molar-refractivity contribution in [3.05, 3.63) is 35.6 Å². The monoisotopic (exact) mass is 544 g/mol. The van der Waals surface area contributed by atoms with Gasteiger partial charge in [0, 0.05) is 51.4 Å². The van der Waals surface area contributed by atoms with Gasteiger partial charge in [0.25, 0.3) is 0 Å². The standard InChI is InChI=1S/C20H28F4N4O.HI/c1-25-18(27-17-6-9-28(12-17)14-20(22,23)24)26-13-19(7-10-29-11-8-19)15-2-4-16(21)5-3-15;/h2-5,17H,6-14H2,1H3,(H2,25,26,27);1H. The second-order valence-corrected chi connectivity index (χ2v) is 7.81. The van der Waals surface area contributed by atoms with E-state index >= 15 is 0 Å². The lowest BCUT2D eigenvalue weighted by Gasteiger charge is -2.38. The zero-order valence-electron chi connectivity index (χ0n) is 17.0. The maximum absolute atomic E-state index is 13.4. The third kappa shape index (κ3) is 6.94. The maximum Gasteiger partial charge on any atom is 0.401 e. The van der Waals surface area contributed by atoms with Crippen molar-refractivity contribution < 1.29 is 22.3 Å². The van der Waals surface area contributed by atoms with Gasteiger partial charge in [0.1, 0.15) is 5.82 Å². The van der Waals surface area contributed by atoms with Gasteiger partial charge in [0.15, 0.2) is 5.96 Å². The minimum Gasteiger partial charge on any atom is -0.381 e. The topological polar surface area (TPSA) is 48.9 Å². The van der Waals surface area contributed by atoms with Gasteiger partial charge in [-0.2, -0.15) is 13.2 Å². The van der Waals surface area contributed by atoms with Crippen LogP contribution in [0.4, 0.5) is 17.6 Å². The second kappa shape index (κ2) is 10.9. The number of likely N-dealkylation sites (tertiary alicyclic amines) is 1. The van der Waals surface area contributed by atoms with Gasteiger partial charge in [0.2, 0.25) is 0 Å². The summed E-state index contributed by atoms with van der Waals surface area (Å²) in [4.78, 5) is 5.64. The number of hydrogen-bond donors (Lipinski definition) is 2. The number of guanidine groups is 1. The van der Waals surface area contributed by atoms with E-state index in [1.165, 1.54) is 17.0 Å². The molecule has 0 spiro atoms. The molecule has 0 amide bonds. The Hall–Kier alpha value is -1.14. The van der Waals surface area contributed by atoms with Gasteiger partial charge in [-0.1, -0.05) is 12.1 Å². The first-order valence-electron chi connectivity index (χ1n) is 9.90. The lowest BCUT2D eigenvalue weighted by atomic mass is 9.74. The number of nitrogens with zero attached hydrogens (tertiary/aromatic N) is 2.